The van der Waals surface area contributed by atoms with E-state index in [1.165, 1.54) is 12.8 Å². The number of allylic oxidation sites excluding steroid dienone is 5. The van der Waals surface area contributed by atoms with Crippen LogP contribution in [0.25, 0.3) is 0 Å². The number of rotatable bonds is 4. The maximum atomic E-state index is 12.0. The topological polar surface area (TPSA) is 17.1 Å². The minimum atomic E-state index is 0.261. The van der Waals surface area contributed by atoms with Crippen LogP contribution in [-0.4, -0.2) is 5.78 Å². The fourth-order valence-electron chi connectivity index (χ4n) is 1.95. The lowest BCUT2D eigenvalue weighted by molar-refractivity contribution is -0.118. The molecule has 1 aliphatic carbocycles. The lowest BCUT2D eigenvalue weighted by atomic mass is 9.95. The van der Waals surface area contributed by atoms with E-state index in [-0.39, 0.29) is 5.92 Å². The van der Waals surface area contributed by atoms with Crippen LogP contribution in [0.2, 0.25) is 0 Å². The highest BCUT2D eigenvalue weighted by Crippen LogP contribution is 2.28. The van der Waals surface area contributed by atoms with E-state index in [0.29, 0.717) is 5.78 Å². The van der Waals surface area contributed by atoms with Crippen molar-refractivity contribution in [2.24, 2.45) is 5.92 Å². The Morgan fingerprint density at radius 3 is 2.50 bits per heavy atom. The molecule has 14 heavy (non-hydrogen) atoms. The van der Waals surface area contributed by atoms with Crippen LogP contribution in [0.4, 0.5) is 0 Å². The van der Waals surface area contributed by atoms with Crippen molar-refractivity contribution in [3.8, 4) is 0 Å². The summed E-state index contributed by atoms with van der Waals surface area (Å²) < 4.78 is 0. The maximum Gasteiger partial charge on any atom is 0.165 e. The highest BCUT2D eigenvalue weighted by Gasteiger charge is 2.23. The lowest BCUT2D eigenvalue weighted by Gasteiger charge is -2.07. The van der Waals surface area contributed by atoms with E-state index in [4.69, 9.17) is 0 Å². The Bertz CT molecular complexity index is 265. The number of carbonyl (C=O) groups excluding carboxylic acids is 1. The Labute approximate surface area is 86.2 Å². The van der Waals surface area contributed by atoms with Gasteiger partial charge in [-0.2, -0.15) is 0 Å². The smallest absolute Gasteiger partial charge is 0.165 e. The molecule has 0 aromatic heterocycles. The van der Waals surface area contributed by atoms with Crippen molar-refractivity contribution in [2.75, 3.05) is 0 Å². The summed E-state index contributed by atoms with van der Waals surface area (Å²) in [4.78, 5) is 12.0. The van der Waals surface area contributed by atoms with E-state index in [0.717, 1.165) is 18.4 Å². The summed E-state index contributed by atoms with van der Waals surface area (Å²) in [5, 5.41) is 0. The Kier molecular flexibility index (Phi) is 4.37. The van der Waals surface area contributed by atoms with Crippen LogP contribution in [0.15, 0.2) is 36.5 Å². The third-order valence-electron chi connectivity index (χ3n) is 2.65. The summed E-state index contributed by atoms with van der Waals surface area (Å²) in [6, 6.07) is 0. The van der Waals surface area contributed by atoms with Crippen LogP contribution in [0.3, 0.4) is 0 Å². The molecule has 1 aliphatic rings. The molecule has 1 nitrogen and oxygen atoms in total. The van der Waals surface area contributed by atoms with Crippen LogP contribution in [-0.2, 0) is 4.79 Å². The zero-order valence-corrected chi connectivity index (χ0v) is 8.83. The van der Waals surface area contributed by atoms with Crippen LogP contribution < -0.4 is 0 Å². The lowest BCUT2D eigenvalue weighted by Crippen LogP contribution is -2.12. The molecule has 0 amide bonds. The van der Waals surface area contributed by atoms with Gasteiger partial charge in [0.1, 0.15) is 0 Å². The second kappa shape index (κ2) is 5.58. The monoisotopic (exact) mass is 190 g/mol. The van der Waals surface area contributed by atoms with Crippen molar-refractivity contribution in [3.05, 3.63) is 36.5 Å². The van der Waals surface area contributed by atoms with Crippen LogP contribution in [0.5, 0.6) is 0 Å². The van der Waals surface area contributed by atoms with Crippen LogP contribution in [0.1, 0.15) is 32.6 Å². The highest BCUT2D eigenvalue weighted by atomic mass is 16.1. The molecule has 0 aromatic rings. The van der Waals surface area contributed by atoms with Gasteiger partial charge in [-0.15, -0.1) is 0 Å². The van der Waals surface area contributed by atoms with Gasteiger partial charge in [-0.05, 0) is 19.8 Å². The summed E-state index contributed by atoms with van der Waals surface area (Å²) in [6.07, 6.45) is 11.8. The van der Waals surface area contributed by atoms with Gasteiger partial charge >= 0.3 is 0 Å². The zero-order chi connectivity index (χ0) is 10.4. The van der Waals surface area contributed by atoms with Crippen molar-refractivity contribution >= 4 is 5.78 Å². The third kappa shape index (κ3) is 2.69. The molecule has 0 radical (unpaired) electrons. The Morgan fingerprint density at radius 2 is 2.00 bits per heavy atom. The van der Waals surface area contributed by atoms with Crippen LogP contribution in [0, 0.1) is 5.92 Å². The summed E-state index contributed by atoms with van der Waals surface area (Å²) in [5.41, 5.74) is 0.800. The van der Waals surface area contributed by atoms with E-state index in [9.17, 15) is 4.79 Å². The van der Waals surface area contributed by atoms with Gasteiger partial charge in [0.15, 0.2) is 5.78 Å². The standard InChI is InChI=1S/C13H18O/c1-3-7-11(8-4-2)13(14)12-9-5-6-10-12/h3-4,7-8,12H,1,5-6,9-10H2,2H3/b8-4-,11-7+. The molecule has 0 N–H and O–H groups in total. The van der Waals surface area contributed by atoms with Gasteiger partial charge in [0.05, 0.1) is 0 Å². The minimum absolute atomic E-state index is 0.261. The Morgan fingerprint density at radius 1 is 1.36 bits per heavy atom. The molecule has 0 saturated heterocycles. The van der Waals surface area contributed by atoms with E-state index in [1.54, 1.807) is 12.2 Å². The first-order valence-electron chi connectivity index (χ1n) is 5.29. The molecule has 76 valence electrons. The Hall–Kier alpha value is -1.11. The van der Waals surface area contributed by atoms with Gasteiger partial charge in [-0.1, -0.05) is 43.7 Å². The molecule has 0 atom stereocenters. The van der Waals surface area contributed by atoms with Gasteiger partial charge < -0.3 is 0 Å². The molecular weight excluding hydrogens is 172 g/mol. The molecule has 0 heterocycles. The quantitative estimate of drug-likeness (QED) is 0.490. The third-order valence-corrected chi connectivity index (χ3v) is 2.65. The number of ketones is 1. The fraction of sp³-hybridized carbons (Fsp3) is 0.462. The van der Waals surface area contributed by atoms with Gasteiger partial charge in [-0.25, -0.2) is 0 Å². The van der Waals surface area contributed by atoms with Gasteiger partial charge in [0.25, 0.3) is 0 Å². The average molecular weight is 190 g/mol. The molecule has 1 rings (SSSR count). The SMILES string of the molecule is C=C/C=C(\C=C/C)C(=O)C1CCCC1. The second-order valence-electron chi connectivity index (χ2n) is 3.70. The van der Waals surface area contributed by atoms with Crippen molar-refractivity contribution < 1.29 is 4.79 Å². The average Bonchev–Trinajstić information content (AvgIpc) is 2.69. The second-order valence-corrected chi connectivity index (χ2v) is 3.70. The van der Waals surface area contributed by atoms with E-state index >= 15 is 0 Å². The molecule has 1 saturated carbocycles. The molecule has 0 aliphatic heterocycles. The summed E-state index contributed by atoms with van der Waals surface area (Å²) in [5.74, 6) is 0.554. The molecule has 0 bridgehead atoms. The zero-order valence-electron chi connectivity index (χ0n) is 8.83. The molecule has 0 aromatic carbocycles. The summed E-state index contributed by atoms with van der Waals surface area (Å²) >= 11 is 0. The minimum Gasteiger partial charge on any atom is -0.294 e. The van der Waals surface area contributed by atoms with Crippen molar-refractivity contribution in [3.63, 3.8) is 0 Å². The number of Topliss-reactive ketones (excluding diaryl/α,β-unsaturated/α-hetero) is 1. The number of carbonyl (C=O) groups is 1. The fourth-order valence-corrected chi connectivity index (χ4v) is 1.95. The predicted octanol–water partition coefficient (Wildman–Crippen LogP) is 3.43. The molecule has 0 spiro atoms. The van der Waals surface area contributed by atoms with E-state index in [2.05, 4.69) is 6.58 Å². The van der Waals surface area contributed by atoms with E-state index < -0.39 is 0 Å². The first-order chi connectivity index (χ1) is 6.79. The summed E-state index contributed by atoms with van der Waals surface area (Å²) in [6.45, 7) is 5.56. The molecular formula is C13H18O. The maximum absolute atomic E-state index is 12.0. The highest BCUT2D eigenvalue weighted by molar-refractivity contribution is 6.00. The van der Waals surface area contributed by atoms with Crippen molar-refractivity contribution in [1.82, 2.24) is 0 Å². The number of hydrogen-bond acceptors (Lipinski definition) is 1. The normalized spacial score (nSPS) is 19.1. The first kappa shape index (κ1) is 11.0. The van der Waals surface area contributed by atoms with Crippen molar-refractivity contribution in [2.45, 2.75) is 32.6 Å². The van der Waals surface area contributed by atoms with Gasteiger partial charge in [0.2, 0.25) is 0 Å². The largest absolute Gasteiger partial charge is 0.294 e. The predicted molar refractivity (Wildman–Crippen MR) is 60.1 cm³/mol. The molecule has 1 heteroatoms. The molecule has 1 fully saturated rings. The van der Waals surface area contributed by atoms with Gasteiger partial charge in [0, 0.05) is 11.5 Å². The van der Waals surface area contributed by atoms with Gasteiger partial charge in [-0.3, -0.25) is 4.79 Å². The Balaban J connectivity index is 2.72. The van der Waals surface area contributed by atoms with Crippen molar-refractivity contribution in [1.29, 1.82) is 0 Å². The summed E-state index contributed by atoms with van der Waals surface area (Å²) in [7, 11) is 0. The van der Waals surface area contributed by atoms with E-state index in [1.807, 2.05) is 19.1 Å². The first-order valence-corrected chi connectivity index (χ1v) is 5.29. The number of hydrogen-bond donors (Lipinski definition) is 0. The van der Waals surface area contributed by atoms with Crippen LogP contribution >= 0.6 is 0 Å². The molecule has 0 unspecified atom stereocenters.